The van der Waals surface area contributed by atoms with Gasteiger partial charge in [-0.25, -0.2) is 0 Å². The summed E-state index contributed by atoms with van der Waals surface area (Å²) in [5, 5.41) is 2.88. The highest BCUT2D eigenvalue weighted by molar-refractivity contribution is 5.94. The Labute approximate surface area is 162 Å². The van der Waals surface area contributed by atoms with Gasteiger partial charge < -0.3 is 15.0 Å². The van der Waals surface area contributed by atoms with E-state index >= 15 is 0 Å². The monoisotopic (exact) mass is 372 g/mol. The average molecular weight is 373 g/mol. The van der Waals surface area contributed by atoms with Crippen LogP contribution in [0, 0.1) is 0 Å². The third kappa shape index (κ3) is 5.72. The van der Waals surface area contributed by atoms with Gasteiger partial charge in [0.1, 0.15) is 5.75 Å². The molecule has 1 N–H and O–H groups in total. The number of anilines is 1. The predicted molar refractivity (Wildman–Crippen MR) is 107 cm³/mol. The van der Waals surface area contributed by atoms with Crippen molar-refractivity contribution >= 4 is 17.5 Å². The Morgan fingerprint density at radius 1 is 1.15 bits per heavy atom. The summed E-state index contributed by atoms with van der Waals surface area (Å²) in [4.78, 5) is 25.9. The van der Waals surface area contributed by atoms with Crippen LogP contribution in [-0.2, 0) is 16.0 Å². The number of hydrogen-bond acceptors (Lipinski definition) is 3. The van der Waals surface area contributed by atoms with Crippen molar-refractivity contribution in [2.45, 2.75) is 76.7 Å². The van der Waals surface area contributed by atoms with Crippen molar-refractivity contribution in [1.29, 1.82) is 0 Å². The topological polar surface area (TPSA) is 58.6 Å². The number of nitrogens with one attached hydrogen (secondary N) is 1. The van der Waals surface area contributed by atoms with Crippen LogP contribution >= 0.6 is 0 Å². The Morgan fingerprint density at radius 3 is 2.67 bits per heavy atom. The molecule has 1 heterocycles. The Morgan fingerprint density at radius 2 is 1.89 bits per heavy atom. The number of hydrogen-bond donors (Lipinski definition) is 1. The molecule has 1 fully saturated rings. The first-order valence-electron chi connectivity index (χ1n) is 10.4. The van der Waals surface area contributed by atoms with Gasteiger partial charge in [0.25, 0.3) is 0 Å². The van der Waals surface area contributed by atoms with Crippen LogP contribution in [0.5, 0.6) is 5.75 Å². The van der Waals surface area contributed by atoms with Gasteiger partial charge in [-0.2, -0.15) is 0 Å². The number of carbonyl (C=O) groups is 2. The van der Waals surface area contributed by atoms with Crippen LogP contribution in [-0.4, -0.2) is 36.4 Å². The molecule has 0 bridgehead atoms. The van der Waals surface area contributed by atoms with Gasteiger partial charge in [0.15, 0.2) is 0 Å². The number of amides is 2. The Bertz CT molecular complexity index is 651. The lowest BCUT2D eigenvalue weighted by atomic mass is 9.95. The fourth-order valence-electron chi connectivity index (χ4n) is 4.06. The molecule has 2 aliphatic rings. The first kappa shape index (κ1) is 19.7. The van der Waals surface area contributed by atoms with E-state index in [2.05, 4.69) is 5.32 Å². The number of carbonyl (C=O) groups excluding carboxylic acids is 2. The molecule has 1 aromatic rings. The largest absolute Gasteiger partial charge is 0.494 e. The van der Waals surface area contributed by atoms with Gasteiger partial charge in [0, 0.05) is 31.6 Å². The number of nitrogens with zero attached hydrogens (tertiary/aromatic N) is 1. The van der Waals surface area contributed by atoms with Crippen LogP contribution in [0.2, 0.25) is 0 Å². The Kier molecular flexibility index (Phi) is 7.13. The number of fused-ring (bicyclic) bond motifs is 1. The second-order valence-corrected chi connectivity index (χ2v) is 7.82. The molecular weight excluding hydrogens is 340 g/mol. The molecular formula is C22H32N2O3. The van der Waals surface area contributed by atoms with E-state index in [9.17, 15) is 9.59 Å². The van der Waals surface area contributed by atoms with Crippen molar-refractivity contribution in [3.8, 4) is 5.75 Å². The van der Waals surface area contributed by atoms with Crippen LogP contribution in [0.25, 0.3) is 0 Å². The van der Waals surface area contributed by atoms with E-state index in [1.54, 1.807) is 0 Å². The molecule has 27 heavy (non-hydrogen) atoms. The molecule has 5 heteroatoms. The summed E-state index contributed by atoms with van der Waals surface area (Å²) < 4.78 is 5.83. The third-order valence-corrected chi connectivity index (χ3v) is 5.79. The molecule has 0 unspecified atom stereocenters. The summed E-state index contributed by atoms with van der Waals surface area (Å²) >= 11 is 0. The number of ether oxygens (including phenoxy) is 1. The first-order chi connectivity index (χ1) is 13.1. The fraction of sp³-hybridized carbons (Fsp3) is 0.636. The highest BCUT2D eigenvalue weighted by Gasteiger charge is 2.20. The van der Waals surface area contributed by atoms with Crippen molar-refractivity contribution in [3.05, 3.63) is 23.8 Å². The van der Waals surface area contributed by atoms with Gasteiger partial charge in [-0.3, -0.25) is 9.59 Å². The molecule has 1 aliphatic heterocycles. The lowest BCUT2D eigenvalue weighted by Crippen LogP contribution is -2.37. The van der Waals surface area contributed by atoms with Crippen LogP contribution in [0.15, 0.2) is 18.2 Å². The quantitative estimate of drug-likeness (QED) is 0.757. The normalized spacial score (nSPS) is 18.0. The summed E-state index contributed by atoms with van der Waals surface area (Å²) in [7, 11) is 1.97. The summed E-state index contributed by atoms with van der Waals surface area (Å²) in [6.45, 7) is 0.537. The molecule has 1 saturated carbocycles. The highest BCUT2D eigenvalue weighted by Crippen LogP contribution is 2.27. The van der Waals surface area contributed by atoms with Gasteiger partial charge in [-0.1, -0.05) is 32.1 Å². The van der Waals surface area contributed by atoms with E-state index in [1.165, 1.54) is 32.1 Å². The molecule has 0 aromatic heterocycles. The maximum atomic E-state index is 12.5. The lowest BCUT2D eigenvalue weighted by Gasteiger charge is -2.30. The Hall–Kier alpha value is -2.04. The summed E-state index contributed by atoms with van der Waals surface area (Å²) in [5.74, 6) is 1.12. The predicted octanol–water partition coefficient (Wildman–Crippen LogP) is 4.30. The van der Waals surface area contributed by atoms with E-state index in [0.717, 1.165) is 42.7 Å². The van der Waals surface area contributed by atoms with E-state index in [4.69, 9.17) is 4.74 Å². The minimum absolute atomic E-state index is 0.0723. The van der Waals surface area contributed by atoms with Gasteiger partial charge in [-0.15, -0.1) is 0 Å². The molecule has 0 spiro atoms. The van der Waals surface area contributed by atoms with E-state index in [-0.39, 0.29) is 11.8 Å². The molecule has 0 radical (unpaired) electrons. The number of benzene rings is 1. The number of rotatable bonds is 6. The molecule has 5 nitrogen and oxygen atoms in total. The fourth-order valence-corrected chi connectivity index (χ4v) is 4.06. The molecule has 3 rings (SSSR count). The van der Waals surface area contributed by atoms with E-state index in [0.29, 0.717) is 25.5 Å². The van der Waals surface area contributed by atoms with Crippen molar-refractivity contribution in [3.63, 3.8) is 0 Å². The average Bonchev–Trinajstić information content (AvgIpc) is 2.64. The summed E-state index contributed by atoms with van der Waals surface area (Å²) in [6.07, 6.45) is 11.3. The first-order valence-corrected chi connectivity index (χ1v) is 10.4. The summed E-state index contributed by atoms with van der Waals surface area (Å²) in [6, 6.07) is 6.19. The summed E-state index contributed by atoms with van der Waals surface area (Å²) in [5.41, 5.74) is 2.00. The zero-order valence-electron chi connectivity index (χ0n) is 16.5. The highest BCUT2D eigenvalue weighted by atomic mass is 16.5. The lowest BCUT2D eigenvalue weighted by molar-refractivity contribution is -0.132. The van der Waals surface area contributed by atoms with Crippen molar-refractivity contribution < 1.29 is 14.3 Å². The van der Waals surface area contributed by atoms with Crippen molar-refractivity contribution in [2.75, 3.05) is 19.0 Å². The van der Waals surface area contributed by atoms with Crippen LogP contribution in [0.1, 0.15) is 69.8 Å². The maximum absolute atomic E-state index is 12.5. The molecule has 2 amide bonds. The molecule has 148 valence electrons. The smallest absolute Gasteiger partial charge is 0.224 e. The van der Waals surface area contributed by atoms with Gasteiger partial charge in [0.05, 0.1) is 6.61 Å². The minimum atomic E-state index is 0.0723. The van der Waals surface area contributed by atoms with Gasteiger partial charge >= 0.3 is 0 Å². The zero-order chi connectivity index (χ0) is 19.1. The Balaban J connectivity index is 1.40. The van der Waals surface area contributed by atoms with Crippen molar-refractivity contribution in [2.24, 2.45) is 0 Å². The second-order valence-electron chi connectivity index (χ2n) is 7.82. The van der Waals surface area contributed by atoms with Gasteiger partial charge in [-0.05, 0) is 49.4 Å². The van der Waals surface area contributed by atoms with Crippen molar-refractivity contribution in [1.82, 2.24) is 4.90 Å². The molecule has 1 aromatic carbocycles. The third-order valence-electron chi connectivity index (χ3n) is 5.79. The maximum Gasteiger partial charge on any atom is 0.224 e. The van der Waals surface area contributed by atoms with Crippen LogP contribution in [0.3, 0.4) is 0 Å². The van der Waals surface area contributed by atoms with E-state index < -0.39 is 0 Å². The standard InChI is InChI=1S/C22H32N2O3/c1-24(18-8-5-3-2-4-6-9-18)22(26)10-7-15-27-19-12-13-20-17(16-19)11-14-21(25)23-20/h12-13,16,18H,2-11,14-15H2,1H3,(H,23,25). The molecule has 1 aliphatic carbocycles. The van der Waals surface area contributed by atoms with Crippen LogP contribution in [0.4, 0.5) is 5.69 Å². The molecule has 0 saturated heterocycles. The minimum Gasteiger partial charge on any atom is -0.494 e. The second kappa shape index (κ2) is 9.77. The van der Waals surface area contributed by atoms with E-state index in [1.807, 2.05) is 30.1 Å². The van der Waals surface area contributed by atoms with Crippen LogP contribution < -0.4 is 10.1 Å². The van der Waals surface area contributed by atoms with Gasteiger partial charge in [0.2, 0.25) is 11.8 Å². The molecule has 0 atom stereocenters. The SMILES string of the molecule is CN(C(=O)CCCOc1ccc2c(c1)CCC(=O)N2)C1CCCCCCC1. The number of aryl methyl sites for hydroxylation is 1. The zero-order valence-corrected chi connectivity index (χ0v) is 16.5.